The molecular weight excluding hydrogens is 346 g/mol. The lowest BCUT2D eigenvalue weighted by atomic mass is 10.2. The molecule has 2 rings (SSSR count). The largest absolute Gasteiger partial charge is 0.496 e. The van der Waals surface area contributed by atoms with Gasteiger partial charge in [0.25, 0.3) is 0 Å². The summed E-state index contributed by atoms with van der Waals surface area (Å²) in [7, 11) is 3.24. The summed E-state index contributed by atoms with van der Waals surface area (Å²) in [5.41, 5.74) is -0.545. The lowest BCUT2D eigenvalue weighted by Crippen LogP contribution is -2.33. The van der Waals surface area contributed by atoms with Crippen molar-refractivity contribution in [2.45, 2.75) is 10.9 Å². The van der Waals surface area contributed by atoms with Crippen LogP contribution in [0, 0.1) is 0 Å². The molecule has 1 aromatic heterocycles. The van der Waals surface area contributed by atoms with E-state index in [1.165, 1.54) is 16.4 Å². The molecule has 20 heavy (non-hydrogen) atoms. The number of benzene rings is 1. The van der Waals surface area contributed by atoms with E-state index in [4.69, 9.17) is 4.74 Å². The van der Waals surface area contributed by atoms with E-state index < -0.39 is 11.1 Å². The number of halogens is 1. The molecule has 0 saturated carbocycles. The van der Waals surface area contributed by atoms with Crippen LogP contribution in [0.25, 0.3) is 0 Å². The first-order chi connectivity index (χ1) is 9.51. The van der Waals surface area contributed by atoms with Gasteiger partial charge in [-0.3, -0.25) is 19.4 Å². The summed E-state index contributed by atoms with van der Waals surface area (Å²) < 4.78 is 7.65. The molecule has 0 fully saturated rings. The average Bonchev–Trinajstić information content (AvgIpc) is 2.41. The van der Waals surface area contributed by atoms with Crippen LogP contribution in [0.2, 0.25) is 0 Å². The minimum Gasteiger partial charge on any atom is -0.496 e. The number of hydrogen-bond acceptors (Lipinski definition) is 5. The van der Waals surface area contributed by atoms with Gasteiger partial charge in [-0.25, -0.2) is 0 Å². The van der Waals surface area contributed by atoms with Crippen molar-refractivity contribution in [2.75, 3.05) is 7.11 Å². The Labute approximate surface area is 127 Å². The van der Waals surface area contributed by atoms with Gasteiger partial charge in [0, 0.05) is 22.8 Å². The standard InChI is InChI=1S/C12H12BrN3O3S/c1-16-12(14-10(17)11(18)15-16)20-6-7-5-8(13)3-4-9(7)19-2/h3-5H,6H2,1-2H3,(H,15,18). The summed E-state index contributed by atoms with van der Waals surface area (Å²) in [4.78, 5) is 26.1. The van der Waals surface area contributed by atoms with Gasteiger partial charge in [-0.05, 0) is 18.2 Å². The van der Waals surface area contributed by atoms with Crippen molar-refractivity contribution in [1.29, 1.82) is 0 Å². The third-order valence-electron chi connectivity index (χ3n) is 2.55. The number of H-pyrrole nitrogens is 1. The van der Waals surface area contributed by atoms with Crippen LogP contribution in [-0.2, 0) is 12.8 Å². The third kappa shape index (κ3) is 3.31. The number of aromatic amines is 1. The van der Waals surface area contributed by atoms with Gasteiger partial charge in [0.05, 0.1) is 7.11 Å². The predicted molar refractivity (Wildman–Crippen MR) is 80.4 cm³/mol. The highest BCUT2D eigenvalue weighted by Crippen LogP contribution is 2.28. The smallest absolute Gasteiger partial charge is 0.339 e. The van der Waals surface area contributed by atoms with E-state index in [0.29, 0.717) is 10.9 Å². The fraction of sp³-hybridized carbons (Fsp3) is 0.250. The van der Waals surface area contributed by atoms with Gasteiger partial charge in [0.1, 0.15) is 5.75 Å². The Morgan fingerprint density at radius 3 is 2.90 bits per heavy atom. The van der Waals surface area contributed by atoms with Gasteiger partial charge in [-0.1, -0.05) is 27.7 Å². The van der Waals surface area contributed by atoms with Gasteiger partial charge < -0.3 is 4.74 Å². The van der Waals surface area contributed by atoms with Crippen molar-refractivity contribution in [3.63, 3.8) is 0 Å². The van der Waals surface area contributed by atoms with Crippen molar-refractivity contribution >= 4 is 27.7 Å². The Bertz CT molecular complexity index is 741. The molecule has 0 aliphatic carbocycles. The molecule has 0 aliphatic rings. The van der Waals surface area contributed by atoms with Gasteiger partial charge >= 0.3 is 11.1 Å². The van der Waals surface area contributed by atoms with Crippen LogP contribution < -0.4 is 15.9 Å². The zero-order valence-corrected chi connectivity index (χ0v) is 13.2. The minimum atomic E-state index is -0.785. The summed E-state index contributed by atoms with van der Waals surface area (Å²) in [5, 5.41) is 2.85. The molecule has 0 bridgehead atoms. The highest BCUT2D eigenvalue weighted by molar-refractivity contribution is 9.10. The first-order valence-electron chi connectivity index (χ1n) is 5.64. The predicted octanol–water partition coefficient (Wildman–Crippen LogP) is 1.53. The van der Waals surface area contributed by atoms with Crippen molar-refractivity contribution in [3.05, 3.63) is 48.9 Å². The molecule has 6 nitrogen and oxygen atoms in total. The van der Waals surface area contributed by atoms with Gasteiger partial charge in [0.15, 0.2) is 5.16 Å². The lowest BCUT2D eigenvalue weighted by Gasteiger charge is -2.09. The molecule has 0 amide bonds. The van der Waals surface area contributed by atoms with E-state index in [2.05, 4.69) is 26.0 Å². The maximum atomic E-state index is 11.3. The number of nitrogens with zero attached hydrogens (tertiary/aromatic N) is 2. The van der Waals surface area contributed by atoms with Crippen LogP contribution in [0.1, 0.15) is 5.56 Å². The molecule has 1 heterocycles. The second-order valence-electron chi connectivity index (χ2n) is 3.94. The number of methoxy groups -OCH3 is 1. The molecule has 1 N–H and O–H groups in total. The zero-order valence-electron chi connectivity index (χ0n) is 10.8. The van der Waals surface area contributed by atoms with Crippen LogP contribution in [0.5, 0.6) is 5.75 Å². The zero-order chi connectivity index (χ0) is 14.7. The van der Waals surface area contributed by atoms with Crippen molar-refractivity contribution < 1.29 is 4.74 Å². The molecule has 1 aromatic carbocycles. The summed E-state index contributed by atoms with van der Waals surface area (Å²) in [6.45, 7) is 0. The summed E-state index contributed by atoms with van der Waals surface area (Å²) in [6.07, 6.45) is 0. The normalized spacial score (nSPS) is 10.6. The van der Waals surface area contributed by atoms with Crippen LogP contribution >= 0.6 is 27.7 Å². The average molecular weight is 358 g/mol. The minimum absolute atomic E-state index is 0.441. The molecule has 0 atom stereocenters. The Hall–Kier alpha value is -1.54. The highest BCUT2D eigenvalue weighted by Gasteiger charge is 2.08. The first-order valence-corrected chi connectivity index (χ1v) is 7.41. The summed E-state index contributed by atoms with van der Waals surface area (Å²) in [6, 6.07) is 5.69. The Morgan fingerprint density at radius 1 is 1.45 bits per heavy atom. The molecule has 2 aromatic rings. The molecule has 0 aliphatic heterocycles. The van der Waals surface area contributed by atoms with E-state index in [0.717, 1.165) is 15.8 Å². The number of hydrogen-bond donors (Lipinski definition) is 1. The van der Waals surface area contributed by atoms with Gasteiger partial charge in [0.2, 0.25) is 0 Å². The van der Waals surface area contributed by atoms with Crippen LogP contribution in [0.15, 0.2) is 37.4 Å². The maximum absolute atomic E-state index is 11.3. The molecular formula is C12H12BrN3O3S. The third-order valence-corrected chi connectivity index (χ3v) is 4.12. The lowest BCUT2D eigenvalue weighted by molar-refractivity contribution is 0.411. The Morgan fingerprint density at radius 2 is 2.20 bits per heavy atom. The van der Waals surface area contributed by atoms with Gasteiger partial charge in [-0.15, -0.1) is 0 Å². The molecule has 8 heteroatoms. The second kappa shape index (κ2) is 6.27. The number of nitrogens with one attached hydrogen (secondary N) is 1. The molecule has 0 radical (unpaired) electrons. The van der Waals surface area contributed by atoms with Crippen molar-refractivity contribution in [2.24, 2.45) is 7.05 Å². The van der Waals surface area contributed by atoms with Gasteiger partial charge in [-0.2, -0.15) is 4.98 Å². The quantitative estimate of drug-likeness (QED) is 0.663. The summed E-state index contributed by atoms with van der Waals surface area (Å²) in [5.74, 6) is 1.32. The fourth-order valence-electron chi connectivity index (χ4n) is 1.59. The van der Waals surface area contributed by atoms with Crippen LogP contribution in [0.3, 0.4) is 0 Å². The van der Waals surface area contributed by atoms with E-state index in [1.54, 1.807) is 14.2 Å². The van der Waals surface area contributed by atoms with E-state index in [-0.39, 0.29) is 0 Å². The maximum Gasteiger partial charge on any atom is 0.339 e. The van der Waals surface area contributed by atoms with Crippen LogP contribution in [0.4, 0.5) is 0 Å². The van der Waals surface area contributed by atoms with E-state index >= 15 is 0 Å². The SMILES string of the molecule is COc1ccc(Br)cc1CSc1nc(=O)c(=O)[nH]n1C. The number of aryl methyl sites for hydroxylation is 1. The number of thioether (sulfide) groups is 1. The number of rotatable bonds is 4. The molecule has 106 valence electrons. The summed E-state index contributed by atoms with van der Waals surface area (Å²) >= 11 is 4.75. The second-order valence-corrected chi connectivity index (χ2v) is 5.80. The van der Waals surface area contributed by atoms with Crippen molar-refractivity contribution in [3.8, 4) is 5.75 Å². The Balaban J connectivity index is 2.25. The molecule has 0 spiro atoms. The fourth-order valence-corrected chi connectivity index (χ4v) is 2.90. The molecule has 0 unspecified atom stereocenters. The van der Waals surface area contributed by atoms with Crippen molar-refractivity contribution in [1.82, 2.24) is 14.8 Å². The number of aromatic nitrogens is 3. The number of ether oxygens (including phenoxy) is 1. The first kappa shape index (κ1) is 14.9. The molecule has 0 saturated heterocycles. The van der Waals surface area contributed by atoms with E-state index in [1.807, 2.05) is 18.2 Å². The highest BCUT2D eigenvalue weighted by atomic mass is 79.9. The Kier molecular flexibility index (Phi) is 4.66. The van der Waals surface area contributed by atoms with Crippen LogP contribution in [-0.4, -0.2) is 21.9 Å². The topological polar surface area (TPSA) is 77.0 Å². The van der Waals surface area contributed by atoms with E-state index in [9.17, 15) is 9.59 Å². The monoisotopic (exact) mass is 357 g/mol.